The summed E-state index contributed by atoms with van der Waals surface area (Å²) in [5.74, 6) is 2.74. The van der Waals surface area contributed by atoms with Crippen LogP contribution in [0.1, 0.15) is 32.5 Å². The zero-order valence-electron chi connectivity index (χ0n) is 10.7. The van der Waals surface area contributed by atoms with Crippen molar-refractivity contribution in [2.24, 2.45) is 0 Å². The van der Waals surface area contributed by atoms with Gasteiger partial charge in [-0.05, 0) is 19.8 Å². The van der Waals surface area contributed by atoms with Gasteiger partial charge in [0, 0.05) is 26.2 Å². The fourth-order valence-electron chi connectivity index (χ4n) is 1.72. The second kappa shape index (κ2) is 6.30. The van der Waals surface area contributed by atoms with E-state index in [-0.39, 0.29) is 0 Å². The lowest BCUT2D eigenvalue weighted by molar-refractivity contribution is 0.730. The van der Waals surface area contributed by atoms with E-state index in [9.17, 15) is 0 Å². The third-order valence-electron chi connectivity index (χ3n) is 2.39. The summed E-state index contributed by atoms with van der Waals surface area (Å²) in [5, 5.41) is 3.07. The normalized spacial score (nSPS) is 10.2. The largest absolute Gasteiger partial charge is 0.373 e. The molecule has 0 fully saturated rings. The Morgan fingerprint density at radius 1 is 1.19 bits per heavy atom. The standard InChI is InChI=1S/C12H22N4/c1-5-7-16(8-6-2)12-9-11(13-4)14-10(3)15-12/h9H,5-8H2,1-4H3,(H,13,14,15). The van der Waals surface area contributed by atoms with Gasteiger partial charge in [-0.1, -0.05) is 13.8 Å². The number of nitrogens with one attached hydrogen (secondary N) is 1. The van der Waals surface area contributed by atoms with Gasteiger partial charge in [-0.3, -0.25) is 0 Å². The lowest BCUT2D eigenvalue weighted by atomic mass is 10.3. The van der Waals surface area contributed by atoms with Crippen LogP contribution in [0.25, 0.3) is 0 Å². The Kier molecular flexibility index (Phi) is 5.02. The van der Waals surface area contributed by atoms with Gasteiger partial charge in [-0.15, -0.1) is 0 Å². The Bertz CT molecular complexity index is 319. The third kappa shape index (κ3) is 3.36. The molecule has 0 aliphatic carbocycles. The Hall–Kier alpha value is -1.32. The first-order valence-electron chi connectivity index (χ1n) is 5.99. The fourth-order valence-corrected chi connectivity index (χ4v) is 1.72. The molecule has 1 N–H and O–H groups in total. The van der Waals surface area contributed by atoms with Crippen LogP contribution in [0.5, 0.6) is 0 Å². The molecule has 0 aromatic carbocycles. The molecule has 0 spiro atoms. The van der Waals surface area contributed by atoms with Crippen molar-refractivity contribution in [1.82, 2.24) is 9.97 Å². The Morgan fingerprint density at radius 2 is 1.81 bits per heavy atom. The molecule has 0 saturated heterocycles. The summed E-state index contributed by atoms with van der Waals surface area (Å²) in [7, 11) is 1.88. The third-order valence-corrected chi connectivity index (χ3v) is 2.39. The van der Waals surface area contributed by atoms with E-state index < -0.39 is 0 Å². The zero-order chi connectivity index (χ0) is 12.0. The molecule has 16 heavy (non-hydrogen) atoms. The molecule has 1 aromatic rings. The monoisotopic (exact) mass is 222 g/mol. The van der Waals surface area contributed by atoms with E-state index in [1.54, 1.807) is 0 Å². The van der Waals surface area contributed by atoms with Crippen LogP contribution in [0.15, 0.2) is 6.07 Å². The van der Waals surface area contributed by atoms with E-state index in [2.05, 4.69) is 34.0 Å². The molecule has 90 valence electrons. The van der Waals surface area contributed by atoms with Gasteiger partial charge in [0.25, 0.3) is 0 Å². The van der Waals surface area contributed by atoms with E-state index in [1.165, 1.54) is 0 Å². The van der Waals surface area contributed by atoms with E-state index in [0.717, 1.165) is 43.4 Å². The minimum atomic E-state index is 0.819. The van der Waals surface area contributed by atoms with Crippen molar-refractivity contribution < 1.29 is 0 Å². The van der Waals surface area contributed by atoms with Crippen LogP contribution in [0.3, 0.4) is 0 Å². The van der Waals surface area contributed by atoms with Gasteiger partial charge in [-0.25, -0.2) is 9.97 Å². The number of hydrogen-bond donors (Lipinski definition) is 1. The van der Waals surface area contributed by atoms with Crippen molar-refractivity contribution in [1.29, 1.82) is 0 Å². The van der Waals surface area contributed by atoms with E-state index in [0.29, 0.717) is 0 Å². The predicted octanol–water partition coefficient (Wildman–Crippen LogP) is 2.45. The molecule has 0 unspecified atom stereocenters. The quantitative estimate of drug-likeness (QED) is 0.802. The average Bonchev–Trinajstić information content (AvgIpc) is 2.28. The summed E-state index contributed by atoms with van der Waals surface area (Å²) >= 11 is 0. The number of nitrogens with zero attached hydrogens (tertiary/aromatic N) is 3. The molecule has 4 heteroatoms. The van der Waals surface area contributed by atoms with Gasteiger partial charge in [0.05, 0.1) is 0 Å². The van der Waals surface area contributed by atoms with Gasteiger partial charge >= 0.3 is 0 Å². The van der Waals surface area contributed by atoms with Crippen LogP contribution in [-0.4, -0.2) is 30.1 Å². The van der Waals surface area contributed by atoms with E-state index >= 15 is 0 Å². The van der Waals surface area contributed by atoms with Gasteiger partial charge < -0.3 is 10.2 Å². The number of hydrogen-bond acceptors (Lipinski definition) is 4. The molecule has 4 nitrogen and oxygen atoms in total. The van der Waals surface area contributed by atoms with Gasteiger partial charge in [-0.2, -0.15) is 0 Å². The van der Waals surface area contributed by atoms with Crippen molar-refractivity contribution in [3.05, 3.63) is 11.9 Å². The maximum absolute atomic E-state index is 4.49. The number of aryl methyl sites for hydroxylation is 1. The van der Waals surface area contributed by atoms with Crippen molar-refractivity contribution >= 4 is 11.6 Å². The highest BCUT2D eigenvalue weighted by atomic mass is 15.2. The molecular weight excluding hydrogens is 200 g/mol. The SMILES string of the molecule is CCCN(CCC)c1cc(NC)nc(C)n1. The molecule has 0 amide bonds. The van der Waals surface area contributed by atoms with E-state index in [4.69, 9.17) is 0 Å². The number of rotatable bonds is 6. The highest BCUT2D eigenvalue weighted by molar-refractivity contribution is 5.49. The Morgan fingerprint density at radius 3 is 2.31 bits per heavy atom. The lowest BCUT2D eigenvalue weighted by Gasteiger charge is -2.23. The second-order valence-electron chi connectivity index (χ2n) is 3.90. The molecule has 1 aromatic heterocycles. The summed E-state index contributed by atoms with van der Waals surface area (Å²) in [4.78, 5) is 11.1. The second-order valence-corrected chi connectivity index (χ2v) is 3.90. The van der Waals surface area contributed by atoms with Crippen LogP contribution in [0.4, 0.5) is 11.6 Å². The average molecular weight is 222 g/mol. The Labute approximate surface area is 98.1 Å². The highest BCUT2D eigenvalue weighted by Gasteiger charge is 2.08. The first-order valence-corrected chi connectivity index (χ1v) is 5.99. The maximum Gasteiger partial charge on any atom is 0.134 e. The fraction of sp³-hybridized carbons (Fsp3) is 0.667. The summed E-state index contributed by atoms with van der Waals surface area (Å²) in [6.07, 6.45) is 2.27. The van der Waals surface area contributed by atoms with Crippen molar-refractivity contribution in [3.63, 3.8) is 0 Å². The van der Waals surface area contributed by atoms with Crippen LogP contribution >= 0.6 is 0 Å². The minimum absolute atomic E-state index is 0.819. The first kappa shape index (κ1) is 12.7. The van der Waals surface area contributed by atoms with Crippen molar-refractivity contribution in [3.8, 4) is 0 Å². The molecule has 0 saturated carbocycles. The molecule has 0 atom stereocenters. The molecule has 1 heterocycles. The van der Waals surface area contributed by atoms with Crippen LogP contribution in [0, 0.1) is 6.92 Å². The summed E-state index contributed by atoms with van der Waals surface area (Å²) in [5.41, 5.74) is 0. The topological polar surface area (TPSA) is 41.0 Å². The van der Waals surface area contributed by atoms with Crippen LogP contribution < -0.4 is 10.2 Å². The van der Waals surface area contributed by atoms with Gasteiger partial charge in [0.2, 0.25) is 0 Å². The smallest absolute Gasteiger partial charge is 0.134 e. The molecule has 0 radical (unpaired) electrons. The maximum atomic E-state index is 4.49. The molecule has 1 rings (SSSR count). The highest BCUT2D eigenvalue weighted by Crippen LogP contribution is 2.16. The van der Waals surface area contributed by atoms with Gasteiger partial charge in [0.15, 0.2) is 0 Å². The van der Waals surface area contributed by atoms with Crippen LogP contribution in [0.2, 0.25) is 0 Å². The summed E-state index contributed by atoms with van der Waals surface area (Å²) in [6.45, 7) is 8.41. The lowest BCUT2D eigenvalue weighted by Crippen LogP contribution is -2.26. The predicted molar refractivity (Wildman–Crippen MR) is 69.1 cm³/mol. The Balaban J connectivity index is 2.93. The molecular formula is C12H22N4. The van der Waals surface area contributed by atoms with Gasteiger partial charge in [0.1, 0.15) is 17.5 Å². The number of aromatic nitrogens is 2. The first-order chi connectivity index (χ1) is 7.71. The number of anilines is 2. The summed E-state index contributed by atoms with van der Waals surface area (Å²) in [6, 6.07) is 2.01. The molecule has 0 bridgehead atoms. The van der Waals surface area contributed by atoms with E-state index in [1.807, 2.05) is 20.0 Å². The zero-order valence-corrected chi connectivity index (χ0v) is 10.7. The molecule has 0 aliphatic heterocycles. The minimum Gasteiger partial charge on any atom is -0.373 e. The van der Waals surface area contributed by atoms with Crippen molar-refractivity contribution in [2.45, 2.75) is 33.6 Å². The van der Waals surface area contributed by atoms with Crippen LogP contribution in [-0.2, 0) is 0 Å². The summed E-state index contributed by atoms with van der Waals surface area (Å²) < 4.78 is 0. The van der Waals surface area contributed by atoms with Crippen molar-refractivity contribution in [2.75, 3.05) is 30.4 Å². The molecule has 0 aliphatic rings.